The molecule has 3 heterocycles. The molecule has 1 spiro atoms. The Morgan fingerprint density at radius 1 is 0.935 bits per heavy atom. The molecule has 8 nitrogen and oxygen atoms in total. The number of benzene rings is 4. The van der Waals surface area contributed by atoms with Gasteiger partial charge in [-0.05, 0) is 78.9 Å². The van der Waals surface area contributed by atoms with Crippen molar-refractivity contribution in [3.8, 4) is 5.75 Å². The summed E-state index contributed by atoms with van der Waals surface area (Å²) in [6.07, 6.45) is 1.76. The van der Waals surface area contributed by atoms with Gasteiger partial charge in [0.2, 0.25) is 17.7 Å². The van der Waals surface area contributed by atoms with Crippen LogP contribution in [0.2, 0.25) is 0 Å². The Morgan fingerprint density at radius 2 is 1.63 bits per heavy atom. The highest BCUT2D eigenvalue weighted by Crippen LogP contribution is 2.66. The molecule has 9 heteroatoms. The van der Waals surface area contributed by atoms with Crippen LogP contribution >= 0.6 is 11.8 Å². The molecular weight excluding hydrogens is 598 g/mol. The molecule has 3 aliphatic heterocycles. The largest absolute Gasteiger partial charge is 0.494 e. The van der Waals surface area contributed by atoms with E-state index >= 15 is 0 Å². The van der Waals surface area contributed by atoms with Crippen LogP contribution in [0.1, 0.15) is 25.3 Å². The van der Waals surface area contributed by atoms with Gasteiger partial charge in [-0.1, -0.05) is 60.7 Å². The van der Waals surface area contributed by atoms with E-state index in [0.717, 1.165) is 22.8 Å². The Kier molecular flexibility index (Phi) is 8.21. The molecule has 0 saturated carbocycles. The standard InChI is InChI=1S/C37H37N3O5S/c1-2-45-29-16-14-26(15-17-29)38-34(42)31-30-18-19-37(46-30)32(31)36(44)40(28(22-41)20-23-8-4-3-5-9-23)33(37)35(43)39-27-13-12-24-10-6-7-11-25(24)21-27/h3-17,21,28,30-33,41H,2,18-20,22H2,1H3,(H,38,42)(H,39,43)/t28-,30+,31-,32+,33?,37?/m1/s1. The molecule has 2 unspecified atom stereocenters. The quantitative estimate of drug-likeness (QED) is 0.212. The molecule has 2 bridgehead atoms. The van der Waals surface area contributed by atoms with Crippen molar-refractivity contribution in [2.24, 2.45) is 11.8 Å². The van der Waals surface area contributed by atoms with E-state index in [4.69, 9.17) is 4.74 Å². The van der Waals surface area contributed by atoms with Crippen LogP contribution in [0.5, 0.6) is 5.75 Å². The molecule has 46 heavy (non-hydrogen) atoms. The number of aliphatic hydroxyl groups excluding tert-OH is 1. The molecule has 6 atom stereocenters. The Hall–Kier alpha value is -4.34. The zero-order valence-electron chi connectivity index (χ0n) is 25.6. The lowest BCUT2D eigenvalue weighted by Gasteiger charge is -2.37. The second kappa shape index (κ2) is 12.5. The first-order chi connectivity index (χ1) is 22.4. The van der Waals surface area contributed by atoms with Crippen LogP contribution in [0.3, 0.4) is 0 Å². The van der Waals surface area contributed by atoms with Crippen molar-refractivity contribution < 1.29 is 24.2 Å². The maximum atomic E-state index is 14.6. The third-order valence-electron chi connectivity index (χ3n) is 9.66. The highest BCUT2D eigenvalue weighted by atomic mass is 32.2. The normalized spacial score (nSPS) is 25.3. The molecule has 0 radical (unpaired) electrons. The minimum atomic E-state index is -0.851. The summed E-state index contributed by atoms with van der Waals surface area (Å²) in [4.78, 5) is 44.6. The lowest BCUT2D eigenvalue weighted by atomic mass is 9.70. The monoisotopic (exact) mass is 635 g/mol. The van der Waals surface area contributed by atoms with Crippen LogP contribution < -0.4 is 15.4 Å². The van der Waals surface area contributed by atoms with Crippen molar-refractivity contribution in [1.29, 1.82) is 0 Å². The van der Waals surface area contributed by atoms with Crippen molar-refractivity contribution in [3.05, 3.63) is 103 Å². The van der Waals surface area contributed by atoms with Gasteiger partial charge in [-0.3, -0.25) is 14.4 Å². The highest BCUT2D eigenvalue weighted by molar-refractivity contribution is 8.02. The molecule has 4 aromatic carbocycles. The molecule has 0 aliphatic carbocycles. The zero-order chi connectivity index (χ0) is 31.8. The fourth-order valence-corrected chi connectivity index (χ4v) is 9.93. The SMILES string of the molecule is CCOc1ccc(NC(=O)[C@@H]2[C@@H]3CCC4(S3)C(C(=O)Nc3ccc5ccccc5c3)N([C@@H](CO)Cc3ccccc3)C(=O)[C@H]24)cc1. The molecule has 3 saturated heterocycles. The number of hydrogen-bond donors (Lipinski definition) is 3. The number of carbonyl (C=O) groups excluding carboxylic acids is 3. The summed E-state index contributed by atoms with van der Waals surface area (Å²) in [5.41, 5.74) is 2.22. The van der Waals surface area contributed by atoms with Crippen molar-refractivity contribution >= 4 is 51.6 Å². The molecule has 3 aliphatic rings. The first-order valence-electron chi connectivity index (χ1n) is 15.9. The molecule has 3 amide bonds. The maximum Gasteiger partial charge on any atom is 0.248 e. The maximum absolute atomic E-state index is 14.6. The molecule has 0 aromatic heterocycles. The van der Waals surface area contributed by atoms with E-state index in [2.05, 4.69) is 10.6 Å². The summed E-state index contributed by atoms with van der Waals surface area (Å²) in [6.45, 7) is 2.15. The summed E-state index contributed by atoms with van der Waals surface area (Å²) in [7, 11) is 0. The minimum Gasteiger partial charge on any atom is -0.494 e. The van der Waals surface area contributed by atoms with Gasteiger partial charge in [-0.15, -0.1) is 11.8 Å². The van der Waals surface area contributed by atoms with Gasteiger partial charge in [-0.25, -0.2) is 0 Å². The molecule has 7 rings (SSSR count). The average Bonchev–Trinajstić information content (AvgIpc) is 3.72. The van der Waals surface area contributed by atoms with E-state index in [-0.39, 0.29) is 29.6 Å². The Labute approximate surface area is 272 Å². The van der Waals surface area contributed by atoms with E-state index < -0.39 is 28.7 Å². The van der Waals surface area contributed by atoms with Crippen molar-refractivity contribution in [2.75, 3.05) is 23.8 Å². The fraction of sp³-hybridized carbons (Fsp3) is 0.324. The summed E-state index contributed by atoms with van der Waals surface area (Å²) >= 11 is 1.61. The molecular formula is C37H37N3O5S. The summed E-state index contributed by atoms with van der Waals surface area (Å²) < 4.78 is 4.75. The number of nitrogens with one attached hydrogen (secondary N) is 2. The number of nitrogens with zero attached hydrogens (tertiary/aromatic N) is 1. The second-order valence-corrected chi connectivity index (χ2v) is 13.9. The van der Waals surface area contributed by atoms with Crippen LogP contribution in [0.15, 0.2) is 97.1 Å². The van der Waals surface area contributed by atoms with Crippen LogP contribution in [-0.2, 0) is 20.8 Å². The number of thioether (sulfide) groups is 1. The minimum absolute atomic E-state index is 0.0866. The Morgan fingerprint density at radius 3 is 2.37 bits per heavy atom. The van der Waals surface area contributed by atoms with Gasteiger partial charge in [0.1, 0.15) is 11.8 Å². The summed E-state index contributed by atoms with van der Waals surface area (Å²) in [5.74, 6) is -1.33. The highest BCUT2D eigenvalue weighted by Gasteiger charge is 2.74. The number of carbonyl (C=O) groups is 3. The second-order valence-electron chi connectivity index (χ2n) is 12.3. The third-order valence-corrected chi connectivity index (χ3v) is 11.6. The number of likely N-dealkylation sites (tertiary alicyclic amines) is 1. The van der Waals surface area contributed by atoms with Crippen LogP contribution in [0, 0.1) is 11.8 Å². The van der Waals surface area contributed by atoms with Crippen molar-refractivity contribution in [2.45, 2.75) is 48.3 Å². The first-order valence-corrected chi connectivity index (χ1v) is 16.8. The van der Waals surface area contributed by atoms with Crippen molar-refractivity contribution in [1.82, 2.24) is 4.90 Å². The van der Waals surface area contributed by atoms with Gasteiger partial charge in [0, 0.05) is 16.6 Å². The zero-order valence-corrected chi connectivity index (χ0v) is 26.4. The van der Waals surface area contributed by atoms with E-state index in [1.54, 1.807) is 40.9 Å². The summed E-state index contributed by atoms with van der Waals surface area (Å²) in [5, 5.41) is 18.8. The number of aliphatic hydroxyl groups is 1. The lowest BCUT2D eigenvalue weighted by molar-refractivity contribution is -0.141. The summed E-state index contributed by atoms with van der Waals surface area (Å²) in [6, 6.07) is 29.1. The van der Waals surface area contributed by atoms with E-state index in [1.165, 1.54) is 0 Å². The number of ether oxygens (including phenoxy) is 1. The predicted octanol–water partition coefficient (Wildman–Crippen LogP) is 5.51. The van der Waals surface area contributed by atoms with Gasteiger partial charge >= 0.3 is 0 Å². The number of fused-ring (bicyclic) bond motifs is 2. The van der Waals surface area contributed by atoms with E-state index in [1.807, 2.05) is 79.7 Å². The van der Waals surface area contributed by atoms with Gasteiger partial charge in [0.25, 0.3) is 0 Å². The fourth-order valence-electron chi connectivity index (χ4n) is 7.73. The smallest absolute Gasteiger partial charge is 0.248 e. The van der Waals surface area contributed by atoms with E-state index in [9.17, 15) is 19.5 Å². The van der Waals surface area contributed by atoms with E-state index in [0.29, 0.717) is 36.6 Å². The molecule has 3 N–H and O–H groups in total. The van der Waals surface area contributed by atoms with Crippen molar-refractivity contribution in [3.63, 3.8) is 0 Å². The molecule has 236 valence electrons. The topological polar surface area (TPSA) is 108 Å². The number of rotatable bonds is 10. The van der Waals surface area contributed by atoms with Gasteiger partial charge in [0.15, 0.2) is 0 Å². The third kappa shape index (κ3) is 5.31. The molecule has 4 aromatic rings. The number of amides is 3. The van der Waals surface area contributed by atoms with Gasteiger partial charge < -0.3 is 25.4 Å². The molecule has 3 fully saturated rings. The number of hydrogen-bond acceptors (Lipinski definition) is 6. The first kappa shape index (κ1) is 30.3. The average molecular weight is 636 g/mol. The predicted molar refractivity (Wildman–Crippen MR) is 181 cm³/mol. The number of anilines is 2. The van der Waals surface area contributed by atoms with Crippen LogP contribution in [-0.4, -0.2) is 63.0 Å². The lowest BCUT2D eigenvalue weighted by Crippen LogP contribution is -2.55. The van der Waals surface area contributed by atoms with Crippen LogP contribution in [0.4, 0.5) is 11.4 Å². The van der Waals surface area contributed by atoms with Crippen LogP contribution in [0.25, 0.3) is 10.8 Å². The van der Waals surface area contributed by atoms with Gasteiger partial charge in [0.05, 0.1) is 35.8 Å². The van der Waals surface area contributed by atoms with Gasteiger partial charge in [-0.2, -0.15) is 0 Å². The Bertz CT molecular complexity index is 1770. The Balaban J connectivity index is 1.22.